The number of imide groups is 1. The van der Waals surface area contributed by atoms with Crippen molar-refractivity contribution in [2.75, 3.05) is 6.54 Å². The maximum atomic E-state index is 12.8. The highest BCUT2D eigenvalue weighted by Crippen LogP contribution is 2.25. The lowest BCUT2D eigenvalue weighted by atomic mass is 10.1. The lowest BCUT2D eigenvalue weighted by Gasteiger charge is -2.13. The summed E-state index contributed by atoms with van der Waals surface area (Å²) in [5.74, 6) is -2.62. The lowest BCUT2D eigenvalue weighted by molar-refractivity contribution is -0.145. The zero-order valence-corrected chi connectivity index (χ0v) is 20.8. The zero-order valence-electron chi connectivity index (χ0n) is 17.6. The van der Waals surface area contributed by atoms with Crippen LogP contribution in [0.2, 0.25) is 0 Å². The van der Waals surface area contributed by atoms with Gasteiger partial charge in [0.15, 0.2) is 0 Å². The van der Waals surface area contributed by atoms with Crippen molar-refractivity contribution in [1.82, 2.24) is 4.90 Å². The predicted molar refractivity (Wildman–Crippen MR) is 129 cm³/mol. The van der Waals surface area contributed by atoms with Crippen LogP contribution in [0.1, 0.15) is 42.2 Å². The van der Waals surface area contributed by atoms with Gasteiger partial charge in [-0.2, -0.15) is 0 Å². The van der Waals surface area contributed by atoms with E-state index >= 15 is 0 Å². The zero-order chi connectivity index (χ0) is 24.2. The molecule has 0 N–H and O–H groups in total. The first kappa shape index (κ1) is 23.8. The van der Waals surface area contributed by atoms with Crippen molar-refractivity contribution in [2.45, 2.75) is 13.2 Å². The highest BCUT2D eigenvalue weighted by molar-refractivity contribution is 9.10. The van der Waals surface area contributed by atoms with Crippen molar-refractivity contribution < 1.29 is 28.7 Å². The Hall–Kier alpha value is -3.30. The summed E-state index contributed by atoms with van der Waals surface area (Å²) in [5.41, 5.74) is 1.87. The molecule has 0 spiro atoms. The van der Waals surface area contributed by atoms with E-state index in [4.69, 9.17) is 9.47 Å². The van der Waals surface area contributed by atoms with Gasteiger partial charge in [0.05, 0.1) is 16.7 Å². The van der Waals surface area contributed by atoms with Crippen molar-refractivity contribution in [1.29, 1.82) is 0 Å². The fourth-order valence-electron chi connectivity index (χ4n) is 3.29. The van der Waals surface area contributed by atoms with Crippen LogP contribution in [0.5, 0.6) is 0 Å². The van der Waals surface area contributed by atoms with E-state index in [0.29, 0.717) is 0 Å². The van der Waals surface area contributed by atoms with E-state index in [2.05, 4.69) is 31.9 Å². The van der Waals surface area contributed by atoms with Crippen molar-refractivity contribution in [3.05, 3.63) is 103 Å². The van der Waals surface area contributed by atoms with E-state index in [9.17, 15) is 19.2 Å². The lowest BCUT2D eigenvalue weighted by Crippen LogP contribution is -2.35. The number of carbonyl (C=O) groups is 4. The first-order valence-corrected chi connectivity index (χ1v) is 11.7. The van der Waals surface area contributed by atoms with E-state index < -0.39 is 30.3 Å². The molecule has 9 heteroatoms. The predicted octanol–water partition coefficient (Wildman–Crippen LogP) is 4.91. The molecule has 0 saturated heterocycles. The quantitative estimate of drug-likeness (QED) is 0.289. The van der Waals surface area contributed by atoms with E-state index in [0.717, 1.165) is 25.0 Å². The molecule has 172 valence electrons. The summed E-state index contributed by atoms with van der Waals surface area (Å²) in [7, 11) is 0. The third-order valence-electron chi connectivity index (χ3n) is 5.09. The van der Waals surface area contributed by atoms with Gasteiger partial charge >= 0.3 is 11.9 Å². The number of benzene rings is 3. The second kappa shape index (κ2) is 10.3. The molecule has 3 aromatic rings. The summed E-state index contributed by atoms with van der Waals surface area (Å²) >= 11 is 6.67. The van der Waals surface area contributed by atoms with Crippen LogP contribution >= 0.6 is 31.9 Å². The van der Waals surface area contributed by atoms with Crippen molar-refractivity contribution in [3.63, 3.8) is 0 Å². The molecule has 34 heavy (non-hydrogen) atoms. The number of esters is 2. The molecule has 0 unspecified atom stereocenters. The molecular weight excluding hydrogens is 570 g/mol. The summed E-state index contributed by atoms with van der Waals surface area (Å²) in [6.07, 6.45) is 0. The molecule has 2 amide bonds. The van der Waals surface area contributed by atoms with Crippen LogP contribution in [0, 0.1) is 0 Å². The summed E-state index contributed by atoms with van der Waals surface area (Å²) < 4.78 is 12.3. The van der Waals surface area contributed by atoms with E-state index in [-0.39, 0.29) is 29.9 Å². The van der Waals surface area contributed by atoms with Gasteiger partial charge in [0, 0.05) is 8.95 Å². The van der Waals surface area contributed by atoms with Crippen molar-refractivity contribution in [2.24, 2.45) is 0 Å². The van der Waals surface area contributed by atoms with Crippen LogP contribution in [-0.2, 0) is 27.5 Å². The average molecular weight is 587 g/mol. The summed E-state index contributed by atoms with van der Waals surface area (Å²) in [6, 6.07) is 18.6. The van der Waals surface area contributed by atoms with E-state index in [1.807, 2.05) is 36.4 Å². The smallest absolute Gasteiger partial charge is 0.338 e. The second-order valence-corrected chi connectivity index (χ2v) is 9.28. The van der Waals surface area contributed by atoms with Gasteiger partial charge in [0.1, 0.15) is 19.8 Å². The molecule has 3 aromatic carbocycles. The van der Waals surface area contributed by atoms with Crippen molar-refractivity contribution in [3.8, 4) is 0 Å². The van der Waals surface area contributed by atoms with Crippen molar-refractivity contribution >= 4 is 55.6 Å². The molecule has 0 radical (unpaired) electrons. The number of amides is 2. The number of hydrogen-bond acceptors (Lipinski definition) is 6. The number of ether oxygens (including phenoxy) is 2. The third kappa shape index (κ3) is 5.43. The van der Waals surface area contributed by atoms with Gasteiger partial charge in [-0.25, -0.2) is 4.79 Å². The molecule has 0 fully saturated rings. The molecule has 1 aliphatic heterocycles. The maximum Gasteiger partial charge on any atom is 0.338 e. The van der Waals surface area contributed by atoms with Crippen LogP contribution in [0.3, 0.4) is 0 Å². The first-order valence-electron chi connectivity index (χ1n) is 10.1. The number of carbonyl (C=O) groups excluding carboxylic acids is 4. The Balaban J connectivity index is 1.38. The SMILES string of the molecule is O=C(CN1C(=O)c2ccc(C(=O)OCc3ccc(Br)cc3)cc2C1=O)OCc1ccc(Br)cc1. The van der Waals surface area contributed by atoms with Gasteiger partial charge in [-0.15, -0.1) is 0 Å². The van der Waals surface area contributed by atoms with Gasteiger partial charge in [0.25, 0.3) is 11.8 Å². The summed E-state index contributed by atoms with van der Waals surface area (Å²) in [6.45, 7) is -0.442. The molecule has 0 bridgehead atoms. The maximum absolute atomic E-state index is 12.8. The molecule has 0 saturated carbocycles. The minimum atomic E-state index is -0.716. The van der Waals surface area contributed by atoms with Gasteiger partial charge in [-0.3, -0.25) is 19.3 Å². The van der Waals surface area contributed by atoms with E-state index in [1.165, 1.54) is 18.2 Å². The fraction of sp³-hybridized carbons (Fsp3) is 0.120. The van der Waals surface area contributed by atoms with E-state index in [1.54, 1.807) is 12.1 Å². The average Bonchev–Trinajstić information content (AvgIpc) is 3.07. The molecule has 1 aliphatic rings. The molecule has 7 nitrogen and oxygen atoms in total. The van der Waals surface area contributed by atoms with Crippen LogP contribution < -0.4 is 0 Å². The van der Waals surface area contributed by atoms with Gasteiger partial charge in [-0.1, -0.05) is 56.1 Å². The monoisotopic (exact) mass is 585 g/mol. The largest absolute Gasteiger partial charge is 0.459 e. The number of nitrogens with zero attached hydrogens (tertiary/aromatic N) is 1. The topological polar surface area (TPSA) is 90.0 Å². The Morgan fingerprint density at radius 3 is 1.82 bits per heavy atom. The molecular formula is C25H17Br2NO6. The molecule has 0 aromatic heterocycles. The molecule has 1 heterocycles. The Morgan fingerprint density at radius 1 is 0.706 bits per heavy atom. The Bertz CT molecular complexity index is 1270. The summed E-state index contributed by atoms with van der Waals surface area (Å²) in [5, 5.41) is 0. The minimum absolute atomic E-state index is 0.0175. The standard InChI is InChI=1S/C25H17Br2NO6/c26-18-6-1-15(2-7-18)13-33-22(29)12-28-23(30)20-10-5-17(11-21(20)24(28)31)25(32)34-14-16-3-8-19(27)9-4-16/h1-11H,12-14H2. The fourth-order valence-corrected chi connectivity index (χ4v) is 3.82. The Labute approximate surface area is 211 Å². The second-order valence-electron chi connectivity index (χ2n) is 7.45. The first-order chi connectivity index (χ1) is 16.3. The van der Waals surface area contributed by atoms with Gasteiger partial charge < -0.3 is 9.47 Å². The number of fused-ring (bicyclic) bond motifs is 1. The van der Waals surface area contributed by atoms with Crippen LogP contribution in [-0.4, -0.2) is 35.2 Å². The minimum Gasteiger partial charge on any atom is -0.459 e. The number of halogens is 2. The molecule has 4 rings (SSSR count). The van der Waals surface area contributed by atoms with Gasteiger partial charge in [-0.05, 0) is 53.6 Å². The van der Waals surface area contributed by atoms with Crippen LogP contribution in [0.15, 0.2) is 75.7 Å². The Morgan fingerprint density at radius 2 is 1.24 bits per heavy atom. The number of rotatable bonds is 7. The summed E-state index contributed by atoms with van der Waals surface area (Å²) in [4.78, 5) is 50.9. The number of hydrogen-bond donors (Lipinski definition) is 0. The third-order valence-corrected chi connectivity index (χ3v) is 6.15. The molecule has 0 aliphatic carbocycles. The Kier molecular flexibility index (Phi) is 7.23. The normalized spacial score (nSPS) is 12.5. The highest BCUT2D eigenvalue weighted by atomic mass is 79.9. The highest BCUT2D eigenvalue weighted by Gasteiger charge is 2.37. The van der Waals surface area contributed by atoms with Crippen LogP contribution in [0.25, 0.3) is 0 Å². The molecule has 0 atom stereocenters. The van der Waals surface area contributed by atoms with Crippen LogP contribution in [0.4, 0.5) is 0 Å². The van der Waals surface area contributed by atoms with Gasteiger partial charge in [0.2, 0.25) is 0 Å².